The van der Waals surface area contributed by atoms with E-state index < -0.39 is 24.2 Å². The number of carbonyl (C=O) groups excluding carboxylic acids is 2. The molecular weight excluding hydrogens is 394 g/mol. The molecular formula is C25H25NO5. The zero-order valence-corrected chi connectivity index (χ0v) is 17.0. The average Bonchev–Trinajstić information content (AvgIpc) is 2.82. The molecule has 0 aliphatic heterocycles. The molecule has 0 saturated heterocycles. The van der Waals surface area contributed by atoms with Crippen LogP contribution in [0.1, 0.15) is 21.5 Å². The monoisotopic (exact) mass is 419 g/mol. The van der Waals surface area contributed by atoms with Gasteiger partial charge in [-0.15, -0.1) is 0 Å². The highest BCUT2D eigenvalue weighted by molar-refractivity contribution is 5.89. The number of amides is 1. The zero-order chi connectivity index (χ0) is 21.9. The topological polar surface area (TPSA) is 84.9 Å². The van der Waals surface area contributed by atoms with Gasteiger partial charge in [0, 0.05) is 0 Å². The normalized spacial score (nSPS) is 12.4. The summed E-state index contributed by atoms with van der Waals surface area (Å²) in [5, 5.41) is 13.3. The van der Waals surface area contributed by atoms with Crippen molar-refractivity contribution < 1.29 is 24.2 Å². The maximum atomic E-state index is 12.3. The summed E-state index contributed by atoms with van der Waals surface area (Å²) in [6.45, 7) is -0.145. The molecule has 31 heavy (non-hydrogen) atoms. The fourth-order valence-corrected chi connectivity index (χ4v) is 3.00. The number of hydrogen-bond acceptors (Lipinski definition) is 5. The van der Waals surface area contributed by atoms with Crippen molar-refractivity contribution in [3.05, 3.63) is 108 Å². The zero-order valence-electron chi connectivity index (χ0n) is 17.0. The number of hydrogen-bond donors (Lipinski definition) is 2. The lowest BCUT2D eigenvalue weighted by Crippen LogP contribution is -2.47. The van der Waals surface area contributed by atoms with E-state index in [1.807, 2.05) is 60.7 Å². The van der Waals surface area contributed by atoms with Gasteiger partial charge in [0.25, 0.3) is 0 Å². The Morgan fingerprint density at radius 3 is 1.94 bits per heavy atom. The summed E-state index contributed by atoms with van der Waals surface area (Å²) in [6.07, 6.45) is -1.42. The Bertz CT molecular complexity index is 947. The van der Waals surface area contributed by atoms with Crippen molar-refractivity contribution in [3.8, 4) is 0 Å². The lowest BCUT2D eigenvalue weighted by atomic mass is 10.0. The lowest BCUT2D eigenvalue weighted by molar-refractivity contribution is 0.0150. The van der Waals surface area contributed by atoms with Crippen LogP contribution in [0, 0.1) is 0 Å². The first-order valence-electron chi connectivity index (χ1n) is 10.0. The summed E-state index contributed by atoms with van der Waals surface area (Å²) in [5.41, 5.74) is 2.17. The highest BCUT2D eigenvalue weighted by Crippen LogP contribution is 2.10. The number of ether oxygens (including phenoxy) is 2. The second kappa shape index (κ2) is 11.5. The lowest BCUT2D eigenvalue weighted by Gasteiger charge is -2.24. The van der Waals surface area contributed by atoms with Crippen LogP contribution in [0.4, 0.5) is 4.79 Å². The molecule has 6 nitrogen and oxygen atoms in total. The van der Waals surface area contributed by atoms with E-state index in [2.05, 4.69) is 5.32 Å². The second-order valence-electron chi connectivity index (χ2n) is 7.03. The molecule has 3 aromatic rings. The first kappa shape index (κ1) is 22.1. The first-order valence-corrected chi connectivity index (χ1v) is 10.0. The van der Waals surface area contributed by atoms with E-state index in [0.717, 1.165) is 11.1 Å². The van der Waals surface area contributed by atoms with Gasteiger partial charge < -0.3 is 19.9 Å². The number of carbonyl (C=O) groups is 2. The van der Waals surface area contributed by atoms with Crippen LogP contribution in [0.15, 0.2) is 91.0 Å². The average molecular weight is 419 g/mol. The maximum Gasteiger partial charge on any atom is 0.407 e. The number of nitrogens with one attached hydrogen (secondary N) is 1. The van der Waals surface area contributed by atoms with E-state index in [1.54, 1.807) is 30.3 Å². The van der Waals surface area contributed by atoms with Crippen LogP contribution in [0.5, 0.6) is 0 Å². The van der Waals surface area contributed by atoms with Gasteiger partial charge >= 0.3 is 12.1 Å². The predicted molar refractivity (Wildman–Crippen MR) is 116 cm³/mol. The third-order valence-corrected chi connectivity index (χ3v) is 4.67. The largest absolute Gasteiger partial charge is 0.459 e. The molecule has 1 amide bonds. The number of alkyl carbamates (subject to hydrolysis) is 1. The minimum atomic E-state index is -1.11. The number of benzene rings is 3. The van der Waals surface area contributed by atoms with Crippen LogP contribution in [0.2, 0.25) is 0 Å². The minimum absolute atomic E-state index is 0.115. The van der Waals surface area contributed by atoms with Gasteiger partial charge in [-0.1, -0.05) is 78.9 Å². The van der Waals surface area contributed by atoms with Crippen LogP contribution in [0.3, 0.4) is 0 Å². The van der Waals surface area contributed by atoms with Gasteiger partial charge in [-0.2, -0.15) is 0 Å². The van der Waals surface area contributed by atoms with Crippen LogP contribution in [-0.2, 0) is 22.5 Å². The molecule has 2 unspecified atom stereocenters. The third-order valence-electron chi connectivity index (χ3n) is 4.67. The quantitative estimate of drug-likeness (QED) is 0.516. The van der Waals surface area contributed by atoms with Crippen LogP contribution < -0.4 is 5.32 Å². The number of aliphatic hydroxyl groups excluding tert-OH is 1. The van der Waals surface area contributed by atoms with Crippen LogP contribution in [0.25, 0.3) is 0 Å². The predicted octanol–water partition coefficient (Wildman–Crippen LogP) is 3.74. The van der Waals surface area contributed by atoms with Gasteiger partial charge in [-0.05, 0) is 29.7 Å². The number of rotatable bonds is 9. The molecule has 0 spiro atoms. The molecule has 0 radical (unpaired) electrons. The minimum Gasteiger partial charge on any atom is -0.459 e. The van der Waals surface area contributed by atoms with Gasteiger partial charge in [-0.3, -0.25) is 0 Å². The summed E-state index contributed by atoms with van der Waals surface area (Å²) < 4.78 is 10.5. The molecule has 160 valence electrons. The molecule has 0 bridgehead atoms. The van der Waals surface area contributed by atoms with Crippen LogP contribution in [-0.4, -0.2) is 35.9 Å². The SMILES string of the molecule is O=C(NC(Cc1ccccc1)C(O)COC(=O)c1ccccc1)OCc1ccccc1. The van der Waals surface area contributed by atoms with E-state index in [0.29, 0.717) is 12.0 Å². The third kappa shape index (κ3) is 7.28. The summed E-state index contributed by atoms with van der Waals surface area (Å²) in [6, 6.07) is 26.6. The highest BCUT2D eigenvalue weighted by atomic mass is 16.6. The Morgan fingerprint density at radius 2 is 1.32 bits per heavy atom. The number of esters is 1. The molecule has 3 aromatic carbocycles. The molecule has 0 saturated carbocycles. The number of aliphatic hydroxyl groups is 1. The van der Waals surface area contributed by atoms with Crippen LogP contribution >= 0.6 is 0 Å². The van der Waals surface area contributed by atoms with E-state index >= 15 is 0 Å². The molecule has 0 aliphatic rings. The fourth-order valence-electron chi connectivity index (χ4n) is 3.00. The van der Waals surface area contributed by atoms with E-state index in [4.69, 9.17) is 9.47 Å². The Hall–Kier alpha value is -3.64. The molecule has 3 rings (SSSR count). The van der Waals surface area contributed by atoms with Crippen molar-refractivity contribution in [1.82, 2.24) is 5.32 Å². The Balaban J connectivity index is 1.59. The Labute approximate surface area is 181 Å². The van der Waals surface area contributed by atoms with Crippen molar-refractivity contribution in [3.63, 3.8) is 0 Å². The molecule has 0 fully saturated rings. The Kier molecular flexibility index (Phi) is 8.20. The molecule has 2 atom stereocenters. The molecule has 6 heteroatoms. The smallest absolute Gasteiger partial charge is 0.407 e. The van der Waals surface area contributed by atoms with Crippen molar-refractivity contribution >= 4 is 12.1 Å². The summed E-state index contributed by atoms with van der Waals surface area (Å²) in [5.74, 6) is -0.537. The van der Waals surface area contributed by atoms with Crippen molar-refractivity contribution in [2.24, 2.45) is 0 Å². The Morgan fingerprint density at radius 1 is 0.774 bits per heavy atom. The summed E-state index contributed by atoms with van der Waals surface area (Å²) in [7, 11) is 0. The van der Waals surface area contributed by atoms with Crippen molar-refractivity contribution in [2.75, 3.05) is 6.61 Å². The van der Waals surface area contributed by atoms with Gasteiger partial charge in [0.05, 0.1) is 11.6 Å². The van der Waals surface area contributed by atoms with Gasteiger partial charge in [0.2, 0.25) is 0 Å². The molecule has 0 heterocycles. The van der Waals surface area contributed by atoms with Crippen molar-refractivity contribution in [1.29, 1.82) is 0 Å². The van der Waals surface area contributed by atoms with Gasteiger partial charge in [0.1, 0.15) is 19.3 Å². The standard InChI is InChI=1S/C25H25NO5/c27-23(18-30-24(28)21-14-8-3-9-15-21)22(16-19-10-4-1-5-11-19)26-25(29)31-17-20-12-6-2-7-13-20/h1-15,22-23,27H,16-18H2,(H,26,29). The molecule has 0 aliphatic carbocycles. The maximum absolute atomic E-state index is 12.3. The van der Waals surface area contributed by atoms with Gasteiger partial charge in [0.15, 0.2) is 0 Å². The fraction of sp³-hybridized carbons (Fsp3) is 0.200. The summed E-state index contributed by atoms with van der Waals surface area (Å²) >= 11 is 0. The summed E-state index contributed by atoms with van der Waals surface area (Å²) in [4.78, 5) is 24.5. The van der Waals surface area contributed by atoms with Gasteiger partial charge in [-0.25, -0.2) is 9.59 Å². The highest BCUT2D eigenvalue weighted by Gasteiger charge is 2.24. The van der Waals surface area contributed by atoms with Crippen molar-refractivity contribution in [2.45, 2.75) is 25.2 Å². The molecule has 2 N–H and O–H groups in total. The van der Waals surface area contributed by atoms with E-state index in [-0.39, 0.29) is 13.2 Å². The van der Waals surface area contributed by atoms with E-state index in [9.17, 15) is 14.7 Å². The van der Waals surface area contributed by atoms with E-state index in [1.165, 1.54) is 0 Å². The first-order chi connectivity index (χ1) is 15.1. The molecule has 0 aromatic heterocycles. The second-order valence-corrected chi connectivity index (χ2v) is 7.03.